The lowest BCUT2D eigenvalue weighted by Gasteiger charge is -2.47. The van der Waals surface area contributed by atoms with Crippen LogP contribution in [0.5, 0.6) is 0 Å². The molecule has 20 heavy (non-hydrogen) atoms. The summed E-state index contributed by atoms with van der Waals surface area (Å²) < 4.78 is 0. The number of anilines is 1. The van der Waals surface area contributed by atoms with Crippen molar-refractivity contribution >= 4 is 5.69 Å². The van der Waals surface area contributed by atoms with Crippen LogP contribution < -0.4 is 5.73 Å². The van der Waals surface area contributed by atoms with Gasteiger partial charge in [-0.3, -0.25) is 4.90 Å². The fraction of sp³-hybridized carbons (Fsp3) is 0.647. The third-order valence-corrected chi connectivity index (χ3v) is 5.39. The van der Waals surface area contributed by atoms with Gasteiger partial charge in [-0.1, -0.05) is 25.0 Å². The first-order valence-corrected chi connectivity index (χ1v) is 7.87. The highest BCUT2D eigenvalue weighted by Gasteiger charge is 2.42. The van der Waals surface area contributed by atoms with E-state index in [1.807, 2.05) is 12.1 Å². The molecule has 0 aromatic heterocycles. The first kappa shape index (κ1) is 13.9. The van der Waals surface area contributed by atoms with Gasteiger partial charge in [-0.2, -0.15) is 0 Å². The highest BCUT2D eigenvalue weighted by atomic mass is 16.3. The van der Waals surface area contributed by atoms with Crippen LogP contribution in [0.15, 0.2) is 18.2 Å². The smallest absolute Gasteiger partial charge is 0.0700 e. The number of nitrogens with two attached hydrogens (primary N) is 1. The summed E-state index contributed by atoms with van der Waals surface area (Å²) in [5, 5.41) is 10.7. The molecule has 0 bridgehead atoms. The van der Waals surface area contributed by atoms with E-state index in [-0.39, 0.29) is 5.60 Å². The molecule has 1 saturated carbocycles. The van der Waals surface area contributed by atoms with Gasteiger partial charge in [0.05, 0.1) is 5.60 Å². The SMILES string of the molecule is Cc1c(N)cccc1CN1CCC2(O)CCCCC2C1. The zero-order valence-corrected chi connectivity index (χ0v) is 12.4. The van der Waals surface area contributed by atoms with Gasteiger partial charge in [0.2, 0.25) is 0 Å². The van der Waals surface area contributed by atoms with Crippen molar-refractivity contribution in [2.45, 2.75) is 51.2 Å². The number of benzene rings is 1. The van der Waals surface area contributed by atoms with Crippen LogP contribution in [-0.4, -0.2) is 28.7 Å². The largest absolute Gasteiger partial charge is 0.399 e. The monoisotopic (exact) mass is 274 g/mol. The number of fused-ring (bicyclic) bond motifs is 1. The van der Waals surface area contributed by atoms with Crippen molar-refractivity contribution in [1.82, 2.24) is 4.90 Å². The van der Waals surface area contributed by atoms with E-state index in [2.05, 4.69) is 17.9 Å². The lowest BCUT2D eigenvalue weighted by Crippen LogP contribution is -2.53. The molecule has 0 radical (unpaired) electrons. The second kappa shape index (κ2) is 5.38. The van der Waals surface area contributed by atoms with Crippen LogP contribution in [0.3, 0.4) is 0 Å². The molecule has 1 aromatic carbocycles. The van der Waals surface area contributed by atoms with E-state index in [1.165, 1.54) is 30.4 Å². The summed E-state index contributed by atoms with van der Waals surface area (Å²) in [6.07, 6.45) is 5.59. The van der Waals surface area contributed by atoms with E-state index in [1.54, 1.807) is 0 Å². The number of hydrogen-bond acceptors (Lipinski definition) is 3. The number of nitrogen functional groups attached to an aromatic ring is 1. The van der Waals surface area contributed by atoms with Crippen LogP contribution in [0.2, 0.25) is 0 Å². The number of rotatable bonds is 2. The van der Waals surface area contributed by atoms with Crippen molar-refractivity contribution < 1.29 is 5.11 Å². The van der Waals surface area contributed by atoms with Crippen molar-refractivity contribution in [2.75, 3.05) is 18.8 Å². The van der Waals surface area contributed by atoms with E-state index >= 15 is 0 Å². The molecular formula is C17H26N2O. The Bertz CT molecular complexity index is 488. The number of piperidine rings is 1. The minimum atomic E-state index is -0.375. The summed E-state index contributed by atoms with van der Waals surface area (Å²) in [5.41, 5.74) is 9.03. The summed E-state index contributed by atoms with van der Waals surface area (Å²) in [4.78, 5) is 2.49. The Morgan fingerprint density at radius 2 is 2.20 bits per heavy atom. The van der Waals surface area contributed by atoms with Crippen molar-refractivity contribution in [1.29, 1.82) is 0 Å². The van der Waals surface area contributed by atoms with Gasteiger partial charge in [0.15, 0.2) is 0 Å². The van der Waals surface area contributed by atoms with Crippen LogP contribution in [0.4, 0.5) is 5.69 Å². The molecule has 1 aromatic rings. The summed E-state index contributed by atoms with van der Waals surface area (Å²) in [6.45, 7) is 5.10. The predicted molar refractivity (Wildman–Crippen MR) is 82.4 cm³/mol. The van der Waals surface area contributed by atoms with Crippen molar-refractivity contribution in [3.63, 3.8) is 0 Å². The molecule has 3 nitrogen and oxygen atoms in total. The van der Waals surface area contributed by atoms with E-state index < -0.39 is 0 Å². The molecule has 2 unspecified atom stereocenters. The van der Waals surface area contributed by atoms with Crippen LogP contribution in [-0.2, 0) is 6.54 Å². The van der Waals surface area contributed by atoms with Gasteiger partial charge < -0.3 is 10.8 Å². The molecule has 1 aliphatic carbocycles. The lowest BCUT2D eigenvalue weighted by molar-refractivity contribution is -0.0968. The zero-order chi connectivity index (χ0) is 14.2. The predicted octanol–water partition coefficient (Wildman–Crippen LogP) is 2.70. The molecule has 1 heterocycles. The maximum atomic E-state index is 10.7. The highest BCUT2D eigenvalue weighted by molar-refractivity contribution is 5.49. The van der Waals surface area contributed by atoms with Gasteiger partial charge in [-0.25, -0.2) is 0 Å². The number of aliphatic hydroxyl groups is 1. The second-order valence-electron chi connectivity index (χ2n) is 6.66. The summed E-state index contributed by atoms with van der Waals surface area (Å²) >= 11 is 0. The Morgan fingerprint density at radius 1 is 1.35 bits per heavy atom. The third-order valence-electron chi connectivity index (χ3n) is 5.39. The van der Waals surface area contributed by atoms with Crippen molar-refractivity contribution in [3.8, 4) is 0 Å². The summed E-state index contributed by atoms with van der Waals surface area (Å²) in [6, 6.07) is 6.18. The van der Waals surface area contributed by atoms with Gasteiger partial charge in [-0.15, -0.1) is 0 Å². The van der Waals surface area contributed by atoms with Gasteiger partial charge in [0.1, 0.15) is 0 Å². The summed E-state index contributed by atoms with van der Waals surface area (Å²) in [5.74, 6) is 0.464. The number of nitrogens with zero attached hydrogens (tertiary/aromatic N) is 1. The lowest BCUT2D eigenvalue weighted by atomic mass is 9.71. The molecule has 2 aliphatic rings. The second-order valence-corrected chi connectivity index (χ2v) is 6.66. The van der Waals surface area contributed by atoms with E-state index in [9.17, 15) is 5.11 Å². The molecule has 110 valence electrons. The van der Waals surface area contributed by atoms with E-state index in [4.69, 9.17) is 5.73 Å². The minimum Gasteiger partial charge on any atom is -0.399 e. The van der Waals surface area contributed by atoms with Gasteiger partial charge in [0, 0.05) is 31.2 Å². The molecular weight excluding hydrogens is 248 g/mol. The standard InChI is InChI=1S/C17H26N2O/c1-13-14(5-4-7-16(13)18)11-19-10-9-17(20)8-3-2-6-15(17)12-19/h4-5,7,15,20H,2-3,6,8-12,18H2,1H3. The van der Waals surface area contributed by atoms with E-state index in [0.29, 0.717) is 5.92 Å². The first-order valence-electron chi connectivity index (χ1n) is 7.87. The van der Waals surface area contributed by atoms with Crippen molar-refractivity contribution in [2.24, 2.45) is 5.92 Å². The quantitative estimate of drug-likeness (QED) is 0.815. The Hall–Kier alpha value is -1.06. The number of likely N-dealkylation sites (tertiary alicyclic amines) is 1. The van der Waals surface area contributed by atoms with Crippen LogP contribution >= 0.6 is 0 Å². The molecule has 1 aliphatic heterocycles. The molecule has 0 spiro atoms. The van der Waals surface area contributed by atoms with E-state index in [0.717, 1.165) is 38.2 Å². The Labute approximate surface area is 121 Å². The van der Waals surface area contributed by atoms with Gasteiger partial charge >= 0.3 is 0 Å². The Kier molecular flexibility index (Phi) is 3.74. The Balaban J connectivity index is 1.69. The van der Waals surface area contributed by atoms with Crippen LogP contribution in [0.25, 0.3) is 0 Å². The zero-order valence-electron chi connectivity index (χ0n) is 12.4. The Morgan fingerprint density at radius 3 is 3.05 bits per heavy atom. The van der Waals surface area contributed by atoms with Crippen LogP contribution in [0.1, 0.15) is 43.2 Å². The molecule has 3 N–H and O–H groups in total. The minimum absolute atomic E-state index is 0.375. The molecule has 0 amide bonds. The van der Waals surface area contributed by atoms with Crippen molar-refractivity contribution in [3.05, 3.63) is 29.3 Å². The maximum absolute atomic E-state index is 10.7. The fourth-order valence-corrected chi connectivity index (χ4v) is 3.90. The maximum Gasteiger partial charge on any atom is 0.0700 e. The molecule has 2 fully saturated rings. The van der Waals surface area contributed by atoms with Gasteiger partial charge in [0.25, 0.3) is 0 Å². The summed E-state index contributed by atoms with van der Waals surface area (Å²) in [7, 11) is 0. The number of hydrogen-bond donors (Lipinski definition) is 2. The van der Waals surface area contributed by atoms with Crippen LogP contribution in [0, 0.1) is 12.8 Å². The first-order chi connectivity index (χ1) is 9.58. The molecule has 3 rings (SSSR count). The molecule has 3 heteroatoms. The normalized spacial score (nSPS) is 31.0. The highest BCUT2D eigenvalue weighted by Crippen LogP contribution is 2.40. The molecule has 1 saturated heterocycles. The third kappa shape index (κ3) is 2.57. The fourth-order valence-electron chi connectivity index (χ4n) is 3.90. The molecule has 2 atom stereocenters. The average Bonchev–Trinajstić information content (AvgIpc) is 2.44. The van der Waals surface area contributed by atoms with Gasteiger partial charge in [-0.05, 0) is 43.4 Å². The topological polar surface area (TPSA) is 49.5 Å². The average molecular weight is 274 g/mol.